The predicted octanol–water partition coefficient (Wildman–Crippen LogP) is 3.70. The summed E-state index contributed by atoms with van der Waals surface area (Å²) in [7, 11) is -2.61. The Kier molecular flexibility index (Phi) is 8.31. The molecule has 3 aromatic carbocycles. The van der Waals surface area contributed by atoms with Gasteiger partial charge in [-0.1, -0.05) is 60.1 Å². The van der Waals surface area contributed by atoms with Crippen LogP contribution in [0.4, 0.5) is 5.69 Å². The number of rotatable bonds is 9. The normalized spacial score (nSPS) is 12.0. The van der Waals surface area contributed by atoms with Crippen LogP contribution in [0, 0.1) is 0 Å². The van der Waals surface area contributed by atoms with Gasteiger partial charge in [-0.25, -0.2) is 8.42 Å². The molecule has 3 rings (SSSR count). The number of nitrogens with zero attached hydrogens (tertiary/aromatic N) is 2. The number of hydrogen-bond acceptors (Lipinski definition) is 4. The number of para-hydroxylation sites is 1. The molecule has 3 aromatic rings. The highest BCUT2D eigenvalue weighted by atomic mass is 35.5. The van der Waals surface area contributed by atoms with E-state index in [-0.39, 0.29) is 17.3 Å². The van der Waals surface area contributed by atoms with Crippen molar-refractivity contribution in [3.05, 3.63) is 95.5 Å². The van der Waals surface area contributed by atoms with Crippen LogP contribution in [0.25, 0.3) is 0 Å². The van der Waals surface area contributed by atoms with Crippen LogP contribution in [0.3, 0.4) is 0 Å². The molecule has 34 heavy (non-hydrogen) atoms. The molecule has 0 unspecified atom stereocenters. The minimum atomic E-state index is -4.10. The molecular weight excluding hydrogens is 474 g/mol. The van der Waals surface area contributed by atoms with Crippen LogP contribution >= 0.6 is 11.6 Å². The maximum atomic E-state index is 13.6. The minimum absolute atomic E-state index is 0.00233. The Hall–Kier alpha value is -3.36. The van der Waals surface area contributed by atoms with Gasteiger partial charge >= 0.3 is 0 Å². The molecule has 0 aromatic heterocycles. The molecule has 0 bridgehead atoms. The molecule has 9 heteroatoms. The molecule has 0 saturated heterocycles. The maximum Gasteiger partial charge on any atom is 0.264 e. The fourth-order valence-corrected chi connectivity index (χ4v) is 4.97. The first-order chi connectivity index (χ1) is 16.2. The second-order valence-electron chi connectivity index (χ2n) is 7.60. The third-order valence-corrected chi connectivity index (χ3v) is 7.37. The standard InChI is InChI=1S/C25H26ClN3O4S/c1-19(25(31)27-2)28(17-20-9-5-3-6-10-20)24(30)18-29(22-11-7-4-8-12-22)34(32,33)23-15-13-21(26)14-16-23/h3-16,19H,17-18H2,1-2H3,(H,27,31)/t19-/m1/s1. The first-order valence-electron chi connectivity index (χ1n) is 10.6. The van der Waals surface area contributed by atoms with E-state index in [0.717, 1.165) is 9.87 Å². The quantitative estimate of drug-likeness (QED) is 0.486. The molecule has 0 heterocycles. The Balaban J connectivity index is 1.99. The first kappa shape index (κ1) is 25.3. The summed E-state index contributed by atoms with van der Waals surface area (Å²) in [5, 5.41) is 2.95. The summed E-state index contributed by atoms with van der Waals surface area (Å²) in [4.78, 5) is 27.3. The van der Waals surface area contributed by atoms with E-state index in [2.05, 4.69) is 5.32 Å². The molecule has 0 radical (unpaired) electrons. The Morgan fingerprint density at radius 2 is 1.47 bits per heavy atom. The van der Waals surface area contributed by atoms with Gasteiger partial charge in [0, 0.05) is 18.6 Å². The van der Waals surface area contributed by atoms with Crippen LogP contribution in [0.1, 0.15) is 12.5 Å². The number of halogens is 1. The smallest absolute Gasteiger partial charge is 0.264 e. The molecule has 0 fully saturated rings. The molecule has 178 valence electrons. The molecule has 0 aliphatic carbocycles. The van der Waals surface area contributed by atoms with E-state index < -0.39 is 28.5 Å². The zero-order chi connectivity index (χ0) is 24.7. The highest BCUT2D eigenvalue weighted by molar-refractivity contribution is 7.92. The summed E-state index contributed by atoms with van der Waals surface area (Å²) < 4.78 is 28.2. The fourth-order valence-electron chi connectivity index (χ4n) is 3.43. The summed E-state index contributed by atoms with van der Waals surface area (Å²) in [6.45, 7) is 1.28. The summed E-state index contributed by atoms with van der Waals surface area (Å²) >= 11 is 5.93. The summed E-state index contributed by atoms with van der Waals surface area (Å²) in [5.41, 5.74) is 1.15. The topological polar surface area (TPSA) is 86.8 Å². The Labute approximate surface area is 205 Å². The van der Waals surface area contributed by atoms with Crippen LogP contribution in [0.5, 0.6) is 0 Å². The lowest BCUT2D eigenvalue weighted by Gasteiger charge is -2.31. The van der Waals surface area contributed by atoms with Crippen molar-refractivity contribution in [2.45, 2.75) is 24.4 Å². The van der Waals surface area contributed by atoms with E-state index >= 15 is 0 Å². The van der Waals surface area contributed by atoms with Crippen molar-refractivity contribution in [3.8, 4) is 0 Å². The van der Waals surface area contributed by atoms with Crippen molar-refractivity contribution in [3.63, 3.8) is 0 Å². The number of anilines is 1. The third-order valence-electron chi connectivity index (χ3n) is 5.33. The van der Waals surface area contributed by atoms with Gasteiger partial charge in [0.1, 0.15) is 12.6 Å². The number of likely N-dealkylation sites (N-methyl/N-ethyl adjacent to an activating group) is 1. The fraction of sp³-hybridized carbons (Fsp3) is 0.200. The second kappa shape index (κ2) is 11.2. The Morgan fingerprint density at radius 1 is 0.912 bits per heavy atom. The molecule has 1 atom stereocenters. The zero-order valence-corrected chi connectivity index (χ0v) is 20.5. The summed E-state index contributed by atoms with van der Waals surface area (Å²) in [5.74, 6) is -0.863. The van der Waals surface area contributed by atoms with Crippen LogP contribution in [0.2, 0.25) is 5.02 Å². The highest BCUT2D eigenvalue weighted by Gasteiger charge is 2.32. The molecule has 0 spiro atoms. The van der Waals surface area contributed by atoms with E-state index in [1.807, 2.05) is 30.3 Å². The van der Waals surface area contributed by atoms with Gasteiger partial charge in [0.05, 0.1) is 10.6 Å². The van der Waals surface area contributed by atoms with Crippen LogP contribution in [0.15, 0.2) is 89.8 Å². The highest BCUT2D eigenvalue weighted by Crippen LogP contribution is 2.25. The molecule has 0 aliphatic rings. The molecule has 2 amide bonds. The summed E-state index contributed by atoms with van der Waals surface area (Å²) in [6.07, 6.45) is 0. The van der Waals surface area contributed by atoms with Gasteiger partial charge in [0.25, 0.3) is 10.0 Å². The average molecular weight is 500 g/mol. The lowest BCUT2D eigenvalue weighted by atomic mass is 10.1. The SMILES string of the molecule is CNC(=O)[C@@H](C)N(Cc1ccccc1)C(=O)CN(c1ccccc1)S(=O)(=O)c1ccc(Cl)cc1. The lowest BCUT2D eigenvalue weighted by Crippen LogP contribution is -2.50. The predicted molar refractivity (Wildman–Crippen MR) is 133 cm³/mol. The van der Waals surface area contributed by atoms with Gasteiger partial charge in [-0.3, -0.25) is 13.9 Å². The minimum Gasteiger partial charge on any atom is -0.357 e. The van der Waals surface area contributed by atoms with E-state index in [0.29, 0.717) is 10.7 Å². The van der Waals surface area contributed by atoms with Crippen molar-refractivity contribution in [2.75, 3.05) is 17.9 Å². The Morgan fingerprint density at radius 3 is 2.03 bits per heavy atom. The number of carbonyl (C=O) groups excluding carboxylic acids is 2. The van der Waals surface area contributed by atoms with Crippen molar-refractivity contribution in [1.82, 2.24) is 10.2 Å². The number of carbonyl (C=O) groups is 2. The largest absolute Gasteiger partial charge is 0.357 e. The molecular formula is C25H26ClN3O4S. The van der Waals surface area contributed by atoms with E-state index in [4.69, 9.17) is 11.6 Å². The number of sulfonamides is 1. The zero-order valence-electron chi connectivity index (χ0n) is 18.9. The van der Waals surface area contributed by atoms with Gasteiger partial charge in [-0.2, -0.15) is 0 Å². The second-order valence-corrected chi connectivity index (χ2v) is 9.90. The lowest BCUT2D eigenvalue weighted by molar-refractivity contribution is -0.139. The average Bonchev–Trinajstić information content (AvgIpc) is 2.86. The Bertz CT molecular complexity index is 1220. The van der Waals surface area contributed by atoms with Gasteiger partial charge in [0.2, 0.25) is 11.8 Å². The molecule has 0 aliphatic heterocycles. The van der Waals surface area contributed by atoms with Crippen LogP contribution < -0.4 is 9.62 Å². The van der Waals surface area contributed by atoms with Crippen molar-refractivity contribution in [2.24, 2.45) is 0 Å². The van der Waals surface area contributed by atoms with E-state index in [1.165, 1.54) is 36.2 Å². The van der Waals surface area contributed by atoms with Crippen LogP contribution in [-0.4, -0.2) is 44.8 Å². The number of hydrogen-bond donors (Lipinski definition) is 1. The number of amides is 2. The van der Waals surface area contributed by atoms with Gasteiger partial charge < -0.3 is 10.2 Å². The van der Waals surface area contributed by atoms with E-state index in [9.17, 15) is 18.0 Å². The number of nitrogens with one attached hydrogen (secondary N) is 1. The monoisotopic (exact) mass is 499 g/mol. The first-order valence-corrected chi connectivity index (χ1v) is 12.4. The van der Waals surface area contributed by atoms with Crippen LogP contribution in [-0.2, 0) is 26.2 Å². The van der Waals surface area contributed by atoms with Crippen molar-refractivity contribution in [1.29, 1.82) is 0 Å². The van der Waals surface area contributed by atoms with Crippen molar-refractivity contribution >= 4 is 39.1 Å². The van der Waals surface area contributed by atoms with Gasteiger partial charge in [-0.15, -0.1) is 0 Å². The third kappa shape index (κ3) is 5.95. The summed E-state index contributed by atoms with van der Waals surface area (Å²) in [6, 6.07) is 22.5. The van der Waals surface area contributed by atoms with Gasteiger partial charge in [-0.05, 0) is 48.9 Å². The molecule has 7 nitrogen and oxygen atoms in total. The molecule has 0 saturated carbocycles. The van der Waals surface area contributed by atoms with Gasteiger partial charge in [0.15, 0.2) is 0 Å². The number of benzene rings is 3. The molecule has 1 N–H and O–H groups in total. The maximum absolute atomic E-state index is 13.6. The van der Waals surface area contributed by atoms with Crippen molar-refractivity contribution < 1.29 is 18.0 Å². The van der Waals surface area contributed by atoms with E-state index in [1.54, 1.807) is 37.3 Å².